The Morgan fingerprint density at radius 3 is 3.00 bits per heavy atom. The monoisotopic (exact) mass is 223 g/mol. The number of nitrogens with one attached hydrogen (secondary N) is 1. The lowest BCUT2D eigenvalue weighted by atomic mass is 10.2. The van der Waals surface area contributed by atoms with E-state index >= 15 is 0 Å². The Bertz CT molecular complexity index is 370. The Morgan fingerprint density at radius 2 is 2.33 bits per heavy atom. The zero-order valence-electron chi connectivity index (χ0n) is 6.16. The Balaban J connectivity index is 2.55. The summed E-state index contributed by atoms with van der Waals surface area (Å²) in [6.07, 6.45) is 7.03. The molecule has 2 heterocycles. The number of hydrogen-bond donors (Lipinski definition) is 1. The van der Waals surface area contributed by atoms with Crippen molar-refractivity contribution >= 4 is 15.9 Å². The molecule has 60 valence electrons. The number of nitrogens with zero attached hydrogens (tertiary/aromatic N) is 2. The molecule has 2 aromatic rings. The fourth-order valence-electron chi connectivity index (χ4n) is 0.996. The van der Waals surface area contributed by atoms with Crippen molar-refractivity contribution in [2.75, 3.05) is 0 Å². The molecule has 0 fully saturated rings. The summed E-state index contributed by atoms with van der Waals surface area (Å²) in [6.45, 7) is 0. The van der Waals surface area contributed by atoms with E-state index in [1.807, 2.05) is 18.5 Å². The molecule has 0 unspecified atom stereocenters. The molecule has 12 heavy (non-hydrogen) atoms. The summed E-state index contributed by atoms with van der Waals surface area (Å²) in [5.74, 6) is 0. The summed E-state index contributed by atoms with van der Waals surface area (Å²) in [5.41, 5.74) is 1.97. The van der Waals surface area contributed by atoms with E-state index in [1.165, 1.54) is 6.33 Å². The first-order valence-corrected chi connectivity index (χ1v) is 4.26. The standard InChI is InChI=1S/C8H6BrN3/c9-7-4-11-5-12-8(7)6-1-2-10-3-6/h1-5,10H. The molecule has 0 aliphatic heterocycles. The second-order valence-electron chi connectivity index (χ2n) is 2.32. The van der Waals surface area contributed by atoms with Crippen molar-refractivity contribution in [2.45, 2.75) is 0 Å². The second kappa shape index (κ2) is 3.06. The van der Waals surface area contributed by atoms with Gasteiger partial charge in [-0.2, -0.15) is 0 Å². The molecule has 0 amide bonds. The maximum atomic E-state index is 4.14. The summed E-state index contributed by atoms with van der Waals surface area (Å²) in [5, 5.41) is 0. The summed E-state index contributed by atoms with van der Waals surface area (Å²) >= 11 is 3.38. The van der Waals surface area contributed by atoms with Crippen molar-refractivity contribution < 1.29 is 0 Å². The van der Waals surface area contributed by atoms with Crippen LogP contribution in [-0.4, -0.2) is 15.0 Å². The maximum Gasteiger partial charge on any atom is 0.116 e. The summed E-state index contributed by atoms with van der Waals surface area (Å²) in [4.78, 5) is 11.0. The number of H-pyrrole nitrogens is 1. The third-order valence-corrected chi connectivity index (χ3v) is 2.12. The molecule has 0 aromatic carbocycles. The van der Waals surface area contributed by atoms with Crippen LogP contribution in [0.2, 0.25) is 0 Å². The SMILES string of the molecule is Brc1cncnc1-c1cc[nH]c1. The van der Waals surface area contributed by atoms with E-state index in [2.05, 4.69) is 30.9 Å². The van der Waals surface area contributed by atoms with Crippen LogP contribution < -0.4 is 0 Å². The van der Waals surface area contributed by atoms with Crippen LogP contribution in [0, 0.1) is 0 Å². The van der Waals surface area contributed by atoms with Crippen LogP contribution >= 0.6 is 15.9 Å². The molecule has 0 saturated carbocycles. The van der Waals surface area contributed by atoms with Gasteiger partial charge in [-0.25, -0.2) is 9.97 Å². The highest BCUT2D eigenvalue weighted by Crippen LogP contribution is 2.23. The first-order chi connectivity index (χ1) is 5.88. The van der Waals surface area contributed by atoms with Gasteiger partial charge in [0.1, 0.15) is 6.33 Å². The average molecular weight is 224 g/mol. The van der Waals surface area contributed by atoms with Gasteiger partial charge in [0.2, 0.25) is 0 Å². The van der Waals surface area contributed by atoms with Crippen molar-refractivity contribution in [1.82, 2.24) is 15.0 Å². The van der Waals surface area contributed by atoms with E-state index in [0.29, 0.717) is 0 Å². The van der Waals surface area contributed by atoms with E-state index in [9.17, 15) is 0 Å². The topological polar surface area (TPSA) is 41.6 Å². The fraction of sp³-hybridized carbons (Fsp3) is 0. The molecule has 0 spiro atoms. The highest BCUT2D eigenvalue weighted by atomic mass is 79.9. The van der Waals surface area contributed by atoms with Gasteiger partial charge < -0.3 is 4.98 Å². The van der Waals surface area contributed by atoms with Crippen LogP contribution in [0.15, 0.2) is 35.5 Å². The summed E-state index contributed by atoms with van der Waals surface area (Å²) in [6, 6.07) is 1.97. The van der Waals surface area contributed by atoms with Gasteiger partial charge in [0.15, 0.2) is 0 Å². The molecule has 0 radical (unpaired) electrons. The van der Waals surface area contributed by atoms with E-state index in [1.54, 1.807) is 6.20 Å². The Hall–Kier alpha value is -1.16. The molecule has 3 nitrogen and oxygen atoms in total. The highest BCUT2D eigenvalue weighted by molar-refractivity contribution is 9.10. The van der Waals surface area contributed by atoms with E-state index < -0.39 is 0 Å². The lowest BCUT2D eigenvalue weighted by Gasteiger charge is -1.97. The molecule has 2 rings (SSSR count). The third-order valence-electron chi connectivity index (χ3n) is 1.54. The molecule has 1 N–H and O–H groups in total. The van der Waals surface area contributed by atoms with Gasteiger partial charge >= 0.3 is 0 Å². The molecule has 0 aliphatic rings. The van der Waals surface area contributed by atoms with Crippen LogP contribution in [0.4, 0.5) is 0 Å². The van der Waals surface area contributed by atoms with Crippen LogP contribution in [0.25, 0.3) is 11.3 Å². The third kappa shape index (κ3) is 1.25. The van der Waals surface area contributed by atoms with Crippen molar-refractivity contribution in [2.24, 2.45) is 0 Å². The second-order valence-corrected chi connectivity index (χ2v) is 3.17. The normalized spacial score (nSPS) is 10.1. The Labute approximate surface area is 78.0 Å². The smallest absolute Gasteiger partial charge is 0.116 e. The number of aromatic amines is 1. The lowest BCUT2D eigenvalue weighted by molar-refractivity contribution is 1.16. The molecular formula is C8H6BrN3. The van der Waals surface area contributed by atoms with Crippen molar-refractivity contribution in [3.05, 3.63) is 35.5 Å². The number of hydrogen-bond acceptors (Lipinski definition) is 2. The van der Waals surface area contributed by atoms with Gasteiger partial charge in [-0.05, 0) is 22.0 Å². The molecule has 2 aromatic heterocycles. The number of aromatic nitrogens is 3. The summed E-state index contributed by atoms with van der Waals surface area (Å²) in [7, 11) is 0. The van der Waals surface area contributed by atoms with Crippen LogP contribution in [0.5, 0.6) is 0 Å². The molecule has 4 heteroatoms. The van der Waals surface area contributed by atoms with Gasteiger partial charge in [0, 0.05) is 24.2 Å². The van der Waals surface area contributed by atoms with Crippen LogP contribution in [-0.2, 0) is 0 Å². The van der Waals surface area contributed by atoms with Crippen molar-refractivity contribution in [1.29, 1.82) is 0 Å². The first kappa shape index (κ1) is 7.49. The highest BCUT2D eigenvalue weighted by Gasteiger charge is 2.02. The largest absolute Gasteiger partial charge is 0.367 e. The van der Waals surface area contributed by atoms with Crippen molar-refractivity contribution in [3.8, 4) is 11.3 Å². The van der Waals surface area contributed by atoms with Crippen LogP contribution in [0.1, 0.15) is 0 Å². The molecule has 0 saturated heterocycles. The van der Waals surface area contributed by atoms with Crippen molar-refractivity contribution in [3.63, 3.8) is 0 Å². The van der Waals surface area contributed by atoms with E-state index in [4.69, 9.17) is 0 Å². The molecule has 0 aliphatic carbocycles. The van der Waals surface area contributed by atoms with E-state index in [-0.39, 0.29) is 0 Å². The average Bonchev–Trinajstić information content (AvgIpc) is 2.57. The summed E-state index contributed by atoms with van der Waals surface area (Å²) < 4.78 is 0.907. The zero-order chi connectivity index (χ0) is 8.39. The van der Waals surface area contributed by atoms with Gasteiger partial charge in [0.25, 0.3) is 0 Å². The predicted molar refractivity (Wildman–Crippen MR) is 49.5 cm³/mol. The molecular weight excluding hydrogens is 218 g/mol. The minimum Gasteiger partial charge on any atom is -0.367 e. The Kier molecular flexibility index (Phi) is 1.91. The zero-order valence-corrected chi connectivity index (χ0v) is 7.75. The van der Waals surface area contributed by atoms with Gasteiger partial charge in [-0.1, -0.05) is 0 Å². The minimum atomic E-state index is 0.907. The number of halogens is 1. The maximum absolute atomic E-state index is 4.14. The van der Waals surface area contributed by atoms with E-state index in [0.717, 1.165) is 15.7 Å². The quantitative estimate of drug-likeness (QED) is 0.806. The lowest BCUT2D eigenvalue weighted by Crippen LogP contribution is -1.83. The van der Waals surface area contributed by atoms with Gasteiger partial charge in [-0.15, -0.1) is 0 Å². The first-order valence-electron chi connectivity index (χ1n) is 3.46. The number of rotatable bonds is 1. The van der Waals surface area contributed by atoms with Crippen LogP contribution in [0.3, 0.4) is 0 Å². The molecule has 0 atom stereocenters. The predicted octanol–water partition coefficient (Wildman–Crippen LogP) is 2.23. The van der Waals surface area contributed by atoms with Gasteiger partial charge in [0.05, 0.1) is 10.2 Å². The minimum absolute atomic E-state index is 0.907. The fourth-order valence-corrected chi connectivity index (χ4v) is 1.45. The van der Waals surface area contributed by atoms with Gasteiger partial charge in [-0.3, -0.25) is 0 Å². The molecule has 0 bridgehead atoms. The Morgan fingerprint density at radius 1 is 1.42 bits per heavy atom.